The summed E-state index contributed by atoms with van der Waals surface area (Å²) in [7, 11) is 3.08. The zero-order chi connectivity index (χ0) is 19.8. The second-order valence-corrected chi connectivity index (χ2v) is 5.93. The van der Waals surface area contributed by atoms with Crippen molar-refractivity contribution in [3.8, 4) is 11.5 Å². The standard InChI is InChI=1S/C20H20ClNO5/c1-13(20(24)22-18-7-5-4-6-17(18)21)27-19(23)9-8-14-10-15(25-2)12-16(11-14)26-3/h4-13H,1-3H3,(H,22,24)/b9-8+/t13-/m0/s1. The largest absolute Gasteiger partial charge is 0.497 e. The topological polar surface area (TPSA) is 73.9 Å². The Hall–Kier alpha value is -2.99. The van der Waals surface area contributed by atoms with Crippen molar-refractivity contribution < 1.29 is 23.8 Å². The first-order valence-electron chi connectivity index (χ1n) is 8.10. The summed E-state index contributed by atoms with van der Waals surface area (Å²) in [4.78, 5) is 24.1. The Labute approximate surface area is 162 Å². The quantitative estimate of drug-likeness (QED) is 0.573. The van der Waals surface area contributed by atoms with Crippen LogP contribution in [-0.4, -0.2) is 32.2 Å². The zero-order valence-electron chi connectivity index (χ0n) is 15.2. The lowest BCUT2D eigenvalue weighted by Crippen LogP contribution is -2.29. The highest BCUT2D eigenvalue weighted by atomic mass is 35.5. The van der Waals surface area contributed by atoms with E-state index < -0.39 is 18.0 Å². The van der Waals surface area contributed by atoms with Gasteiger partial charge in [0.25, 0.3) is 5.91 Å². The maximum atomic E-state index is 12.1. The van der Waals surface area contributed by atoms with Gasteiger partial charge in [0.15, 0.2) is 6.10 Å². The molecule has 7 heteroatoms. The van der Waals surface area contributed by atoms with E-state index in [9.17, 15) is 9.59 Å². The molecule has 0 fully saturated rings. The van der Waals surface area contributed by atoms with Crippen molar-refractivity contribution >= 4 is 35.2 Å². The van der Waals surface area contributed by atoms with Crippen LogP contribution in [0.4, 0.5) is 5.69 Å². The number of anilines is 1. The first-order chi connectivity index (χ1) is 12.9. The highest BCUT2D eigenvalue weighted by molar-refractivity contribution is 6.33. The van der Waals surface area contributed by atoms with Gasteiger partial charge in [-0.3, -0.25) is 4.79 Å². The molecule has 0 aliphatic rings. The number of nitrogens with one attached hydrogen (secondary N) is 1. The van der Waals surface area contributed by atoms with E-state index in [2.05, 4.69) is 5.32 Å². The van der Waals surface area contributed by atoms with Gasteiger partial charge in [0, 0.05) is 12.1 Å². The molecular weight excluding hydrogens is 370 g/mol. The molecule has 0 aromatic heterocycles. The summed E-state index contributed by atoms with van der Waals surface area (Å²) in [6, 6.07) is 12.0. The molecule has 0 bridgehead atoms. The highest BCUT2D eigenvalue weighted by Crippen LogP contribution is 2.23. The Morgan fingerprint density at radius 1 is 1.07 bits per heavy atom. The first kappa shape index (κ1) is 20.3. The third kappa shape index (κ3) is 6.04. The van der Waals surface area contributed by atoms with Gasteiger partial charge in [-0.2, -0.15) is 0 Å². The summed E-state index contributed by atoms with van der Waals surface area (Å²) in [6.45, 7) is 1.48. The molecule has 2 aromatic rings. The summed E-state index contributed by atoms with van der Waals surface area (Å²) < 4.78 is 15.5. The summed E-state index contributed by atoms with van der Waals surface area (Å²) in [6.07, 6.45) is 1.79. The number of methoxy groups -OCH3 is 2. The number of hydrogen-bond donors (Lipinski definition) is 1. The lowest BCUT2D eigenvalue weighted by atomic mass is 10.2. The van der Waals surface area contributed by atoms with E-state index in [4.69, 9.17) is 25.8 Å². The van der Waals surface area contributed by atoms with Gasteiger partial charge in [0.1, 0.15) is 11.5 Å². The van der Waals surface area contributed by atoms with Crippen LogP contribution in [0, 0.1) is 0 Å². The smallest absolute Gasteiger partial charge is 0.331 e. The molecule has 142 valence electrons. The van der Waals surface area contributed by atoms with Crippen LogP contribution < -0.4 is 14.8 Å². The molecule has 0 unspecified atom stereocenters. The zero-order valence-corrected chi connectivity index (χ0v) is 15.9. The molecule has 6 nitrogen and oxygen atoms in total. The number of hydrogen-bond acceptors (Lipinski definition) is 5. The van der Waals surface area contributed by atoms with Crippen molar-refractivity contribution in [2.75, 3.05) is 19.5 Å². The number of amides is 1. The molecule has 0 heterocycles. The summed E-state index contributed by atoms with van der Waals surface area (Å²) in [5.74, 6) is 0.0520. The minimum Gasteiger partial charge on any atom is -0.497 e. The molecule has 0 saturated carbocycles. The van der Waals surface area contributed by atoms with E-state index in [1.807, 2.05) is 0 Å². The van der Waals surface area contributed by atoms with Gasteiger partial charge in [-0.1, -0.05) is 23.7 Å². The predicted octanol–water partition coefficient (Wildman–Crippen LogP) is 3.94. The molecule has 0 aliphatic heterocycles. The van der Waals surface area contributed by atoms with Crippen molar-refractivity contribution in [3.63, 3.8) is 0 Å². The Morgan fingerprint density at radius 2 is 1.70 bits per heavy atom. The SMILES string of the molecule is COc1cc(/C=C/C(=O)O[C@@H](C)C(=O)Nc2ccccc2Cl)cc(OC)c1. The number of para-hydroxylation sites is 1. The Kier molecular flexibility index (Phi) is 7.25. The van der Waals surface area contributed by atoms with E-state index in [0.29, 0.717) is 27.8 Å². The van der Waals surface area contributed by atoms with Crippen molar-refractivity contribution in [2.45, 2.75) is 13.0 Å². The number of esters is 1. The van der Waals surface area contributed by atoms with Crippen LogP contribution in [0.1, 0.15) is 12.5 Å². The van der Waals surface area contributed by atoms with Crippen LogP contribution in [0.15, 0.2) is 48.5 Å². The van der Waals surface area contributed by atoms with Crippen LogP contribution >= 0.6 is 11.6 Å². The van der Waals surface area contributed by atoms with E-state index in [-0.39, 0.29) is 0 Å². The molecular formula is C20H20ClNO5. The Morgan fingerprint density at radius 3 is 2.30 bits per heavy atom. The fourth-order valence-corrected chi connectivity index (χ4v) is 2.34. The summed E-state index contributed by atoms with van der Waals surface area (Å²) in [5, 5.41) is 3.01. The van der Waals surface area contributed by atoms with Gasteiger partial charge in [0.2, 0.25) is 0 Å². The molecule has 1 amide bonds. The number of halogens is 1. The maximum absolute atomic E-state index is 12.1. The molecule has 2 aromatic carbocycles. The lowest BCUT2D eigenvalue weighted by molar-refractivity contribution is -0.148. The Bertz CT molecular complexity index is 828. The first-order valence-corrected chi connectivity index (χ1v) is 8.48. The molecule has 0 spiro atoms. The average molecular weight is 390 g/mol. The van der Waals surface area contributed by atoms with E-state index in [0.717, 1.165) is 0 Å². The maximum Gasteiger partial charge on any atom is 0.331 e. The van der Waals surface area contributed by atoms with Crippen molar-refractivity contribution in [2.24, 2.45) is 0 Å². The number of carbonyl (C=O) groups is 2. The molecule has 1 atom stereocenters. The van der Waals surface area contributed by atoms with E-state index >= 15 is 0 Å². The summed E-state index contributed by atoms with van der Waals surface area (Å²) in [5.41, 5.74) is 1.14. The summed E-state index contributed by atoms with van der Waals surface area (Å²) >= 11 is 5.99. The number of benzene rings is 2. The molecule has 2 rings (SSSR count). The molecule has 27 heavy (non-hydrogen) atoms. The van der Waals surface area contributed by atoms with E-state index in [1.54, 1.807) is 48.5 Å². The van der Waals surface area contributed by atoms with Crippen molar-refractivity contribution in [3.05, 3.63) is 59.1 Å². The fourth-order valence-electron chi connectivity index (χ4n) is 2.15. The third-order valence-corrected chi connectivity index (χ3v) is 3.91. The van der Waals surface area contributed by atoms with Crippen LogP contribution in [0.5, 0.6) is 11.5 Å². The normalized spacial score (nSPS) is 11.7. The van der Waals surface area contributed by atoms with Crippen molar-refractivity contribution in [1.29, 1.82) is 0 Å². The van der Waals surface area contributed by atoms with Gasteiger partial charge in [-0.05, 0) is 42.8 Å². The van der Waals surface area contributed by atoms with Crippen LogP contribution in [-0.2, 0) is 14.3 Å². The number of ether oxygens (including phenoxy) is 3. The van der Waals surface area contributed by atoms with Crippen molar-refractivity contribution in [1.82, 2.24) is 0 Å². The molecule has 0 radical (unpaired) electrons. The van der Waals surface area contributed by atoms with Gasteiger partial charge in [0.05, 0.1) is 24.9 Å². The van der Waals surface area contributed by atoms with Gasteiger partial charge in [-0.25, -0.2) is 4.79 Å². The fraction of sp³-hybridized carbons (Fsp3) is 0.200. The lowest BCUT2D eigenvalue weighted by Gasteiger charge is -2.13. The monoisotopic (exact) mass is 389 g/mol. The predicted molar refractivity (Wildman–Crippen MR) is 104 cm³/mol. The molecule has 1 N–H and O–H groups in total. The van der Waals surface area contributed by atoms with Crippen LogP contribution in [0.2, 0.25) is 5.02 Å². The van der Waals surface area contributed by atoms with Crippen LogP contribution in [0.3, 0.4) is 0 Å². The minimum absolute atomic E-state index is 0.399. The van der Waals surface area contributed by atoms with Gasteiger partial charge >= 0.3 is 5.97 Å². The Balaban J connectivity index is 1.97. The second kappa shape index (κ2) is 9.64. The second-order valence-electron chi connectivity index (χ2n) is 5.53. The average Bonchev–Trinajstić information content (AvgIpc) is 2.67. The highest BCUT2D eigenvalue weighted by Gasteiger charge is 2.17. The van der Waals surface area contributed by atoms with Gasteiger partial charge < -0.3 is 19.5 Å². The number of carbonyl (C=O) groups excluding carboxylic acids is 2. The van der Waals surface area contributed by atoms with Gasteiger partial charge in [-0.15, -0.1) is 0 Å². The van der Waals surface area contributed by atoms with E-state index in [1.165, 1.54) is 27.2 Å². The minimum atomic E-state index is -0.988. The third-order valence-electron chi connectivity index (χ3n) is 3.58. The molecule has 0 aliphatic carbocycles. The van der Waals surface area contributed by atoms with Crippen LogP contribution in [0.25, 0.3) is 6.08 Å². The molecule has 0 saturated heterocycles. The number of rotatable bonds is 7.